The fourth-order valence-corrected chi connectivity index (χ4v) is 1.51. The molecular weight excluding hydrogens is 237 g/mol. The molecule has 1 aromatic carbocycles. The Kier molecular flexibility index (Phi) is 3.27. The third-order valence-corrected chi connectivity index (χ3v) is 2.40. The van der Waals surface area contributed by atoms with Gasteiger partial charge in [0.2, 0.25) is 0 Å². The number of aryl methyl sites for hydroxylation is 1. The summed E-state index contributed by atoms with van der Waals surface area (Å²) in [6.45, 7) is 0.218. The van der Waals surface area contributed by atoms with E-state index in [-0.39, 0.29) is 17.9 Å². The first-order valence-electron chi connectivity index (χ1n) is 5.31. The highest BCUT2D eigenvalue weighted by Gasteiger charge is 2.12. The van der Waals surface area contributed by atoms with Gasteiger partial charge in [-0.15, -0.1) is 0 Å². The van der Waals surface area contributed by atoms with Crippen molar-refractivity contribution in [2.75, 3.05) is 0 Å². The maximum atomic E-state index is 13.0. The first-order chi connectivity index (χ1) is 8.56. The minimum Gasteiger partial charge on any atom is -0.507 e. The molecule has 0 fully saturated rings. The lowest BCUT2D eigenvalue weighted by Gasteiger charge is -2.05. The van der Waals surface area contributed by atoms with Crippen molar-refractivity contribution < 1.29 is 14.3 Å². The smallest absolute Gasteiger partial charge is 0.255 e. The van der Waals surface area contributed by atoms with Crippen LogP contribution in [-0.2, 0) is 13.6 Å². The van der Waals surface area contributed by atoms with Crippen molar-refractivity contribution in [1.29, 1.82) is 0 Å². The summed E-state index contributed by atoms with van der Waals surface area (Å²) < 4.78 is 14.6. The number of benzene rings is 1. The number of phenols is 1. The number of nitrogens with zero attached hydrogens (tertiary/aromatic N) is 2. The Morgan fingerprint density at radius 3 is 2.94 bits per heavy atom. The molecule has 6 heteroatoms. The Labute approximate surface area is 103 Å². The minimum absolute atomic E-state index is 0.0917. The van der Waals surface area contributed by atoms with E-state index in [9.17, 15) is 14.3 Å². The Morgan fingerprint density at radius 2 is 2.28 bits per heavy atom. The largest absolute Gasteiger partial charge is 0.507 e. The van der Waals surface area contributed by atoms with Gasteiger partial charge in [0, 0.05) is 13.2 Å². The highest BCUT2D eigenvalue weighted by molar-refractivity contribution is 5.96. The van der Waals surface area contributed by atoms with Crippen LogP contribution in [0.5, 0.6) is 5.75 Å². The van der Waals surface area contributed by atoms with Crippen molar-refractivity contribution >= 4 is 5.91 Å². The van der Waals surface area contributed by atoms with Crippen LogP contribution < -0.4 is 5.32 Å². The lowest BCUT2D eigenvalue weighted by atomic mass is 10.2. The van der Waals surface area contributed by atoms with Crippen molar-refractivity contribution in [2.45, 2.75) is 6.54 Å². The SMILES string of the molecule is Cn1ccc(CNC(=O)c2cc(F)ccc2O)n1. The number of phenolic OH excluding ortho intramolecular Hbond substituents is 1. The van der Waals surface area contributed by atoms with Gasteiger partial charge in [-0.2, -0.15) is 5.10 Å². The molecule has 0 radical (unpaired) electrons. The van der Waals surface area contributed by atoms with Gasteiger partial charge in [0.15, 0.2) is 0 Å². The summed E-state index contributed by atoms with van der Waals surface area (Å²) in [5, 5.41) is 16.1. The monoisotopic (exact) mass is 249 g/mol. The van der Waals surface area contributed by atoms with E-state index in [1.54, 1.807) is 24.0 Å². The van der Waals surface area contributed by atoms with E-state index in [0.717, 1.165) is 18.2 Å². The Hall–Kier alpha value is -2.37. The number of amides is 1. The van der Waals surface area contributed by atoms with Crippen LogP contribution in [0.3, 0.4) is 0 Å². The average Bonchev–Trinajstić information content (AvgIpc) is 2.75. The number of hydrogen-bond acceptors (Lipinski definition) is 3. The Balaban J connectivity index is 2.05. The molecule has 5 nitrogen and oxygen atoms in total. The molecule has 18 heavy (non-hydrogen) atoms. The van der Waals surface area contributed by atoms with Crippen molar-refractivity contribution in [3.8, 4) is 5.75 Å². The van der Waals surface area contributed by atoms with Gasteiger partial charge in [0.05, 0.1) is 17.8 Å². The molecule has 0 aliphatic rings. The van der Waals surface area contributed by atoms with E-state index in [2.05, 4.69) is 10.4 Å². The number of aromatic hydroxyl groups is 1. The van der Waals surface area contributed by atoms with Crippen molar-refractivity contribution in [1.82, 2.24) is 15.1 Å². The van der Waals surface area contributed by atoms with Crippen LogP contribution in [0.15, 0.2) is 30.5 Å². The van der Waals surface area contributed by atoms with E-state index < -0.39 is 11.7 Å². The first kappa shape index (κ1) is 12.1. The second-order valence-electron chi connectivity index (χ2n) is 3.82. The molecule has 0 saturated carbocycles. The third-order valence-electron chi connectivity index (χ3n) is 2.40. The highest BCUT2D eigenvalue weighted by Crippen LogP contribution is 2.17. The molecule has 1 aromatic heterocycles. The van der Waals surface area contributed by atoms with E-state index in [4.69, 9.17) is 0 Å². The van der Waals surface area contributed by atoms with Gasteiger partial charge in [-0.1, -0.05) is 0 Å². The van der Waals surface area contributed by atoms with Crippen molar-refractivity contribution in [3.63, 3.8) is 0 Å². The zero-order valence-corrected chi connectivity index (χ0v) is 9.72. The van der Waals surface area contributed by atoms with Crippen molar-refractivity contribution in [2.24, 2.45) is 7.05 Å². The predicted octanol–water partition coefficient (Wildman–Crippen LogP) is 1.19. The summed E-state index contributed by atoms with van der Waals surface area (Å²) in [5.41, 5.74) is 0.590. The Bertz CT molecular complexity index is 580. The molecule has 0 atom stereocenters. The van der Waals surface area contributed by atoms with Crippen LogP contribution in [0.4, 0.5) is 4.39 Å². The van der Waals surface area contributed by atoms with E-state index in [1.807, 2.05) is 0 Å². The zero-order valence-electron chi connectivity index (χ0n) is 9.72. The van der Waals surface area contributed by atoms with Crippen LogP contribution in [0, 0.1) is 5.82 Å². The topological polar surface area (TPSA) is 67.2 Å². The summed E-state index contributed by atoms with van der Waals surface area (Å²) in [4.78, 5) is 11.7. The van der Waals surface area contributed by atoms with Crippen molar-refractivity contribution in [3.05, 3.63) is 47.5 Å². The molecule has 94 valence electrons. The van der Waals surface area contributed by atoms with Gasteiger partial charge in [0.1, 0.15) is 11.6 Å². The van der Waals surface area contributed by atoms with E-state index in [0.29, 0.717) is 5.69 Å². The third kappa shape index (κ3) is 2.65. The zero-order chi connectivity index (χ0) is 13.1. The molecule has 2 aromatic rings. The summed E-state index contributed by atoms with van der Waals surface area (Å²) >= 11 is 0. The quantitative estimate of drug-likeness (QED) is 0.858. The lowest BCUT2D eigenvalue weighted by molar-refractivity contribution is 0.0947. The fourth-order valence-electron chi connectivity index (χ4n) is 1.51. The summed E-state index contributed by atoms with van der Waals surface area (Å²) in [6, 6.07) is 4.98. The highest BCUT2D eigenvalue weighted by atomic mass is 19.1. The van der Waals surface area contributed by atoms with E-state index >= 15 is 0 Å². The maximum Gasteiger partial charge on any atom is 0.255 e. The van der Waals surface area contributed by atoms with Gasteiger partial charge < -0.3 is 10.4 Å². The molecule has 0 unspecified atom stereocenters. The normalized spacial score (nSPS) is 10.3. The molecule has 0 bridgehead atoms. The summed E-state index contributed by atoms with van der Waals surface area (Å²) in [6.07, 6.45) is 1.75. The fraction of sp³-hybridized carbons (Fsp3) is 0.167. The van der Waals surface area contributed by atoms with Crippen LogP contribution in [-0.4, -0.2) is 20.8 Å². The molecule has 1 heterocycles. The number of carbonyl (C=O) groups excluding carboxylic acids is 1. The second-order valence-corrected chi connectivity index (χ2v) is 3.82. The van der Waals surface area contributed by atoms with Gasteiger partial charge in [-0.05, 0) is 24.3 Å². The summed E-state index contributed by atoms with van der Waals surface area (Å²) in [7, 11) is 1.77. The number of halogens is 1. The number of nitrogens with one attached hydrogen (secondary N) is 1. The molecular formula is C12H12FN3O2. The Morgan fingerprint density at radius 1 is 1.50 bits per heavy atom. The first-order valence-corrected chi connectivity index (χ1v) is 5.31. The van der Waals surface area contributed by atoms with E-state index in [1.165, 1.54) is 0 Å². The van der Waals surface area contributed by atoms with Crippen LogP contribution in [0.25, 0.3) is 0 Å². The number of aromatic nitrogens is 2. The standard InChI is InChI=1S/C12H12FN3O2/c1-16-5-4-9(15-16)7-14-12(18)10-6-8(13)2-3-11(10)17/h2-6,17H,7H2,1H3,(H,14,18). The van der Waals surface area contributed by atoms with Gasteiger partial charge in [-0.25, -0.2) is 4.39 Å². The molecule has 0 saturated heterocycles. The van der Waals surface area contributed by atoms with Crippen LogP contribution in [0.2, 0.25) is 0 Å². The van der Waals surface area contributed by atoms with Crippen LogP contribution >= 0.6 is 0 Å². The summed E-state index contributed by atoms with van der Waals surface area (Å²) in [5.74, 6) is -1.37. The molecule has 2 N–H and O–H groups in total. The molecule has 0 aliphatic carbocycles. The molecule has 0 aliphatic heterocycles. The number of carbonyl (C=O) groups is 1. The van der Waals surface area contributed by atoms with Crippen LogP contribution in [0.1, 0.15) is 16.1 Å². The number of hydrogen-bond donors (Lipinski definition) is 2. The molecule has 0 spiro atoms. The maximum absolute atomic E-state index is 13.0. The molecule has 1 amide bonds. The average molecular weight is 249 g/mol. The predicted molar refractivity (Wildman–Crippen MR) is 62.4 cm³/mol. The van der Waals surface area contributed by atoms with Gasteiger partial charge in [-0.3, -0.25) is 9.48 Å². The second kappa shape index (κ2) is 4.87. The number of rotatable bonds is 3. The van der Waals surface area contributed by atoms with Gasteiger partial charge >= 0.3 is 0 Å². The minimum atomic E-state index is -0.573. The van der Waals surface area contributed by atoms with Gasteiger partial charge in [0.25, 0.3) is 5.91 Å². The molecule has 2 rings (SSSR count). The lowest BCUT2D eigenvalue weighted by Crippen LogP contribution is -2.23.